The van der Waals surface area contributed by atoms with Gasteiger partial charge in [-0.05, 0) is 32.3 Å². The molecule has 2 N–H and O–H groups in total. The molecular weight excluding hydrogens is 268 g/mol. The van der Waals surface area contributed by atoms with Crippen LogP contribution in [0.25, 0.3) is 0 Å². The summed E-state index contributed by atoms with van der Waals surface area (Å²) in [6.45, 7) is 3.84. The van der Waals surface area contributed by atoms with Gasteiger partial charge in [-0.15, -0.1) is 0 Å². The molecule has 2 unspecified atom stereocenters. The first-order chi connectivity index (χ1) is 10.1. The Hall–Kier alpha value is -1.88. The summed E-state index contributed by atoms with van der Waals surface area (Å²) in [6, 6.07) is 8.51. The largest absolute Gasteiger partial charge is 0.465 e. The normalized spacial score (nSPS) is 16.9. The highest BCUT2D eigenvalue weighted by molar-refractivity contribution is 5.84. The Morgan fingerprint density at radius 2 is 1.95 bits per heavy atom. The van der Waals surface area contributed by atoms with E-state index >= 15 is 0 Å². The molecule has 0 saturated heterocycles. The van der Waals surface area contributed by atoms with Gasteiger partial charge in [0, 0.05) is 6.04 Å². The van der Waals surface area contributed by atoms with Gasteiger partial charge >= 0.3 is 5.97 Å². The topological polar surface area (TPSA) is 67.4 Å². The Labute approximate surface area is 125 Å². The number of benzene rings is 1. The van der Waals surface area contributed by atoms with Gasteiger partial charge in [-0.25, -0.2) is 4.79 Å². The third-order valence-corrected chi connectivity index (χ3v) is 3.39. The van der Waals surface area contributed by atoms with Crippen molar-refractivity contribution in [3.8, 4) is 0 Å². The number of nitrogens with one attached hydrogen (secondary N) is 2. The van der Waals surface area contributed by atoms with Gasteiger partial charge in [-0.2, -0.15) is 0 Å². The van der Waals surface area contributed by atoms with Crippen molar-refractivity contribution in [1.29, 1.82) is 0 Å². The third kappa shape index (κ3) is 4.56. The van der Waals surface area contributed by atoms with E-state index in [0.29, 0.717) is 12.6 Å². The van der Waals surface area contributed by atoms with Gasteiger partial charge in [0.1, 0.15) is 6.04 Å². The summed E-state index contributed by atoms with van der Waals surface area (Å²) in [6.07, 6.45) is 2.08. The second kappa shape index (κ2) is 7.22. The van der Waals surface area contributed by atoms with Crippen molar-refractivity contribution in [2.75, 3.05) is 6.61 Å². The van der Waals surface area contributed by atoms with Gasteiger partial charge in [0.15, 0.2) is 0 Å². The summed E-state index contributed by atoms with van der Waals surface area (Å²) in [5, 5.41) is 5.99. The molecule has 0 radical (unpaired) electrons. The third-order valence-electron chi connectivity index (χ3n) is 3.39. The SMILES string of the molecule is CCOC(=O)C(NC(C)C(=O)NC1CC1)c1ccccc1. The minimum Gasteiger partial charge on any atom is -0.465 e. The lowest BCUT2D eigenvalue weighted by Gasteiger charge is -2.22. The van der Waals surface area contributed by atoms with Gasteiger partial charge in [0.25, 0.3) is 0 Å². The second-order valence-corrected chi connectivity index (χ2v) is 5.27. The first-order valence-electron chi connectivity index (χ1n) is 7.39. The van der Waals surface area contributed by atoms with Crippen molar-refractivity contribution < 1.29 is 14.3 Å². The number of hydrogen-bond donors (Lipinski definition) is 2. The summed E-state index contributed by atoms with van der Waals surface area (Å²) >= 11 is 0. The van der Waals surface area contributed by atoms with Crippen LogP contribution in [0, 0.1) is 0 Å². The molecule has 1 aliphatic rings. The Kier molecular flexibility index (Phi) is 5.33. The van der Waals surface area contributed by atoms with Crippen molar-refractivity contribution >= 4 is 11.9 Å². The van der Waals surface area contributed by atoms with Crippen LogP contribution in [0.5, 0.6) is 0 Å². The van der Waals surface area contributed by atoms with E-state index in [1.807, 2.05) is 30.3 Å². The average Bonchev–Trinajstić information content (AvgIpc) is 3.29. The molecule has 0 spiro atoms. The van der Waals surface area contributed by atoms with E-state index in [9.17, 15) is 9.59 Å². The van der Waals surface area contributed by atoms with Crippen LogP contribution >= 0.6 is 0 Å². The van der Waals surface area contributed by atoms with E-state index in [-0.39, 0.29) is 11.9 Å². The molecule has 21 heavy (non-hydrogen) atoms. The molecular formula is C16H22N2O3. The zero-order valence-electron chi connectivity index (χ0n) is 12.5. The Bertz CT molecular complexity index is 486. The van der Waals surface area contributed by atoms with Gasteiger partial charge in [-0.1, -0.05) is 30.3 Å². The first-order valence-corrected chi connectivity index (χ1v) is 7.39. The molecule has 1 aliphatic carbocycles. The number of carbonyl (C=O) groups excluding carboxylic acids is 2. The van der Waals surface area contributed by atoms with Crippen LogP contribution in [0.15, 0.2) is 30.3 Å². The quantitative estimate of drug-likeness (QED) is 0.748. The monoisotopic (exact) mass is 290 g/mol. The summed E-state index contributed by atoms with van der Waals surface area (Å²) in [5.74, 6) is -0.447. The number of hydrogen-bond acceptors (Lipinski definition) is 4. The average molecular weight is 290 g/mol. The molecule has 1 amide bonds. The molecule has 1 saturated carbocycles. The smallest absolute Gasteiger partial charge is 0.327 e. The fourth-order valence-electron chi connectivity index (χ4n) is 2.05. The van der Waals surface area contributed by atoms with Crippen molar-refractivity contribution in [1.82, 2.24) is 10.6 Å². The second-order valence-electron chi connectivity index (χ2n) is 5.27. The molecule has 2 atom stereocenters. The minimum atomic E-state index is -0.633. The number of ether oxygens (including phenoxy) is 1. The number of carbonyl (C=O) groups is 2. The van der Waals surface area contributed by atoms with Crippen molar-refractivity contribution in [2.45, 2.75) is 44.8 Å². The van der Waals surface area contributed by atoms with Crippen molar-refractivity contribution in [3.63, 3.8) is 0 Å². The van der Waals surface area contributed by atoms with E-state index in [1.54, 1.807) is 13.8 Å². The molecule has 1 aromatic carbocycles. The highest BCUT2D eigenvalue weighted by Gasteiger charge is 2.29. The van der Waals surface area contributed by atoms with Gasteiger partial charge in [-0.3, -0.25) is 10.1 Å². The Morgan fingerprint density at radius 1 is 1.29 bits per heavy atom. The van der Waals surface area contributed by atoms with Gasteiger partial charge in [0.05, 0.1) is 12.6 Å². The maximum Gasteiger partial charge on any atom is 0.327 e. The van der Waals surface area contributed by atoms with Crippen LogP contribution in [0.4, 0.5) is 0 Å². The molecule has 1 aromatic rings. The maximum atomic E-state index is 12.1. The van der Waals surface area contributed by atoms with Crippen LogP contribution in [-0.2, 0) is 14.3 Å². The van der Waals surface area contributed by atoms with Crippen LogP contribution in [0.3, 0.4) is 0 Å². The zero-order valence-corrected chi connectivity index (χ0v) is 12.5. The standard InChI is InChI=1S/C16H22N2O3/c1-3-21-16(20)14(12-7-5-4-6-8-12)17-11(2)15(19)18-13-9-10-13/h4-8,11,13-14,17H,3,9-10H2,1-2H3,(H,18,19). The molecule has 0 heterocycles. The number of amides is 1. The lowest BCUT2D eigenvalue weighted by Crippen LogP contribution is -2.46. The van der Waals surface area contributed by atoms with Crippen LogP contribution in [0.1, 0.15) is 38.3 Å². The first kappa shape index (κ1) is 15.5. The predicted molar refractivity (Wildman–Crippen MR) is 79.6 cm³/mol. The summed E-state index contributed by atoms with van der Waals surface area (Å²) in [5.41, 5.74) is 0.794. The van der Waals surface area contributed by atoms with Crippen molar-refractivity contribution in [3.05, 3.63) is 35.9 Å². The number of esters is 1. The maximum absolute atomic E-state index is 12.1. The molecule has 114 valence electrons. The van der Waals surface area contributed by atoms with E-state index < -0.39 is 12.1 Å². The van der Waals surface area contributed by atoms with Crippen LogP contribution in [0.2, 0.25) is 0 Å². The highest BCUT2D eigenvalue weighted by atomic mass is 16.5. The van der Waals surface area contributed by atoms with Crippen LogP contribution < -0.4 is 10.6 Å². The molecule has 0 bridgehead atoms. The zero-order chi connectivity index (χ0) is 15.2. The summed E-state index contributed by atoms with van der Waals surface area (Å²) in [4.78, 5) is 24.1. The Balaban J connectivity index is 2.04. The van der Waals surface area contributed by atoms with E-state index in [1.165, 1.54) is 0 Å². The van der Waals surface area contributed by atoms with Gasteiger partial charge < -0.3 is 10.1 Å². The predicted octanol–water partition coefficient (Wildman–Crippen LogP) is 1.55. The molecule has 2 rings (SSSR count). The number of rotatable bonds is 7. The van der Waals surface area contributed by atoms with Crippen LogP contribution in [-0.4, -0.2) is 30.6 Å². The summed E-state index contributed by atoms with van der Waals surface area (Å²) in [7, 11) is 0. The van der Waals surface area contributed by atoms with Crippen molar-refractivity contribution in [2.24, 2.45) is 0 Å². The van der Waals surface area contributed by atoms with E-state index in [2.05, 4.69) is 10.6 Å². The van der Waals surface area contributed by atoms with E-state index in [0.717, 1.165) is 18.4 Å². The molecule has 1 fully saturated rings. The molecule has 0 aromatic heterocycles. The minimum absolute atomic E-state index is 0.0808. The summed E-state index contributed by atoms with van der Waals surface area (Å²) < 4.78 is 5.10. The fourth-order valence-corrected chi connectivity index (χ4v) is 2.05. The highest BCUT2D eigenvalue weighted by Crippen LogP contribution is 2.19. The molecule has 5 heteroatoms. The molecule has 5 nitrogen and oxygen atoms in total. The lowest BCUT2D eigenvalue weighted by molar-refractivity contribution is -0.146. The lowest BCUT2D eigenvalue weighted by atomic mass is 10.1. The van der Waals surface area contributed by atoms with E-state index in [4.69, 9.17) is 4.74 Å². The molecule has 0 aliphatic heterocycles. The fraction of sp³-hybridized carbons (Fsp3) is 0.500. The van der Waals surface area contributed by atoms with Gasteiger partial charge in [0.2, 0.25) is 5.91 Å². The Morgan fingerprint density at radius 3 is 2.52 bits per heavy atom.